The molecule has 0 aliphatic heterocycles. The number of rotatable bonds is 4. The Morgan fingerprint density at radius 3 is 2.80 bits per heavy atom. The second-order valence-corrected chi connectivity index (χ2v) is 5.30. The minimum absolute atomic E-state index is 0.575. The van der Waals surface area contributed by atoms with Crippen molar-refractivity contribution in [1.29, 1.82) is 0 Å². The molecule has 20 heavy (non-hydrogen) atoms. The van der Waals surface area contributed by atoms with Gasteiger partial charge in [0, 0.05) is 12.6 Å². The lowest BCUT2D eigenvalue weighted by atomic mass is 10.2. The zero-order valence-electron chi connectivity index (χ0n) is 11.1. The van der Waals surface area contributed by atoms with Gasteiger partial charge in [-0.25, -0.2) is 9.50 Å². The lowest BCUT2D eigenvalue weighted by Gasteiger charge is -2.05. The summed E-state index contributed by atoms with van der Waals surface area (Å²) >= 11 is 3.45. The van der Waals surface area contributed by atoms with Crippen LogP contribution in [0.5, 0.6) is 5.75 Å². The van der Waals surface area contributed by atoms with Gasteiger partial charge in [-0.05, 0) is 47.1 Å². The van der Waals surface area contributed by atoms with Gasteiger partial charge in [0.1, 0.15) is 16.2 Å². The second-order valence-electron chi connectivity index (χ2n) is 4.55. The maximum absolute atomic E-state index is 5.73. The molecule has 0 saturated carbocycles. The first kappa shape index (κ1) is 13.1. The summed E-state index contributed by atoms with van der Waals surface area (Å²) in [5, 5.41) is 4.31. The van der Waals surface area contributed by atoms with E-state index in [9.17, 15) is 0 Å². The SMILES string of the molecule is Cc1ccc(OCCc2nc(Br)c3cccnn23)cc1. The number of fused-ring (bicyclic) bond motifs is 1. The Morgan fingerprint density at radius 2 is 2.00 bits per heavy atom. The monoisotopic (exact) mass is 331 g/mol. The zero-order valence-corrected chi connectivity index (χ0v) is 12.7. The molecular formula is C15H14BrN3O. The highest BCUT2D eigenvalue weighted by atomic mass is 79.9. The van der Waals surface area contributed by atoms with Gasteiger partial charge in [0.05, 0.1) is 12.1 Å². The number of benzene rings is 1. The van der Waals surface area contributed by atoms with Crippen LogP contribution < -0.4 is 4.74 Å². The smallest absolute Gasteiger partial charge is 0.135 e. The highest BCUT2D eigenvalue weighted by Gasteiger charge is 2.09. The normalized spacial score (nSPS) is 10.9. The minimum atomic E-state index is 0.575. The first-order valence-corrected chi connectivity index (χ1v) is 7.21. The number of halogens is 1. The average molecular weight is 332 g/mol. The fourth-order valence-electron chi connectivity index (χ4n) is 2.01. The third-order valence-corrected chi connectivity index (χ3v) is 3.63. The Hall–Kier alpha value is -1.88. The summed E-state index contributed by atoms with van der Waals surface area (Å²) in [6.07, 6.45) is 2.46. The van der Waals surface area contributed by atoms with Gasteiger partial charge in [0.2, 0.25) is 0 Å². The van der Waals surface area contributed by atoms with Crippen LogP contribution in [-0.2, 0) is 6.42 Å². The quantitative estimate of drug-likeness (QED) is 0.735. The standard InChI is InChI=1S/C15H14BrN3O/c1-11-4-6-12(7-5-11)20-10-8-14-18-15(16)13-3-2-9-17-19(13)14/h2-7,9H,8,10H2,1H3. The third kappa shape index (κ3) is 2.67. The van der Waals surface area contributed by atoms with Gasteiger partial charge in [-0.3, -0.25) is 0 Å². The Kier molecular flexibility index (Phi) is 3.69. The van der Waals surface area contributed by atoms with Gasteiger partial charge >= 0.3 is 0 Å². The molecule has 0 bridgehead atoms. The molecule has 0 spiro atoms. The molecule has 2 aromatic heterocycles. The summed E-state index contributed by atoms with van der Waals surface area (Å²) in [4.78, 5) is 4.47. The van der Waals surface area contributed by atoms with Crippen molar-refractivity contribution < 1.29 is 4.74 Å². The lowest BCUT2D eigenvalue weighted by molar-refractivity contribution is 0.318. The van der Waals surface area contributed by atoms with Crippen LogP contribution in [0.25, 0.3) is 5.52 Å². The minimum Gasteiger partial charge on any atom is -0.493 e. The molecule has 0 aliphatic carbocycles. The van der Waals surface area contributed by atoms with Crippen molar-refractivity contribution in [2.75, 3.05) is 6.61 Å². The van der Waals surface area contributed by atoms with Crippen molar-refractivity contribution in [2.24, 2.45) is 0 Å². The van der Waals surface area contributed by atoms with E-state index in [4.69, 9.17) is 4.74 Å². The average Bonchev–Trinajstić information content (AvgIpc) is 2.79. The Labute approximate surface area is 125 Å². The van der Waals surface area contributed by atoms with Gasteiger partial charge in [-0.15, -0.1) is 0 Å². The van der Waals surface area contributed by atoms with E-state index in [1.807, 2.05) is 40.9 Å². The van der Waals surface area contributed by atoms with Gasteiger partial charge in [0.25, 0.3) is 0 Å². The van der Waals surface area contributed by atoms with Gasteiger partial charge in [0.15, 0.2) is 0 Å². The number of aromatic nitrogens is 3. The molecule has 2 heterocycles. The summed E-state index contributed by atoms with van der Waals surface area (Å²) < 4.78 is 8.38. The van der Waals surface area contributed by atoms with Gasteiger partial charge in [-0.1, -0.05) is 17.7 Å². The van der Waals surface area contributed by atoms with Crippen molar-refractivity contribution >= 4 is 21.4 Å². The molecule has 0 unspecified atom stereocenters. The third-order valence-electron chi connectivity index (χ3n) is 3.05. The van der Waals surface area contributed by atoms with E-state index in [1.54, 1.807) is 6.20 Å². The van der Waals surface area contributed by atoms with Crippen molar-refractivity contribution in [3.05, 3.63) is 58.6 Å². The van der Waals surface area contributed by atoms with Crippen molar-refractivity contribution in [2.45, 2.75) is 13.3 Å². The molecule has 5 heteroatoms. The highest BCUT2D eigenvalue weighted by molar-refractivity contribution is 9.10. The molecule has 4 nitrogen and oxygen atoms in total. The summed E-state index contributed by atoms with van der Waals surface area (Å²) in [5.41, 5.74) is 2.20. The van der Waals surface area contributed by atoms with E-state index in [-0.39, 0.29) is 0 Å². The van der Waals surface area contributed by atoms with E-state index in [0.717, 1.165) is 21.7 Å². The molecule has 0 N–H and O–H groups in total. The van der Waals surface area contributed by atoms with E-state index < -0.39 is 0 Å². The van der Waals surface area contributed by atoms with Crippen LogP contribution >= 0.6 is 15.9 Å². The Morgan fingerprint density at radius 1 is 1.20 bits per heavy atom. The van der Waals surface area contributed by atoms with Crippen LogP contribution in [0.15, 0.2) is 47.2 Å². The molecule has 0 saturated heterocycles. The molecule has 0 radical (unpaired) electrons. The molecule has 0 fully saturated rings. The lowest BCUT2D eigenvalue weighted by Crippen LogP contribution is -2.06. The molecule has 0 amide bonds. The predicted octanol–water partition coefficient (Wildman–Crippen LogP) is 3.42. The number of imidazole rings is 1. The van der Waals surface area contributed by atoms with Crippen molar-refractivity contribution in [3.8, 4) is 5.75 Å². The molecule has 3 aromatic rings. The van der Waals surface area contributed by atoms with Crippen LogP contribution in [0.4, 0.5) is 0 Å². The van der Waals surface area contributed by atoms with Crippen LogP contribution in [0, 0.1) is 6.92 Å². The molecular weight excluding hydrogens is 318 g/mol. The van der Waals surface area contributed by atoms with Crippen molar-refractivity contribution in [3.63, 3.8) is 0 Å². The number of nitrogens with zero attached hydrogens (tertiary/aromatic N) is 3. The van der Waals surface area contributed by atoms with Crippen LogP contribution in [0.3, 0.4) is 0 Å². The number of hydrogen-bond acceptors (Lipinski definition) is 3. The largest absolute Gasteiger partial charge is 0.493 e. The van der Waals surface area contributed by atoms with Gasteiger partial charge in [-0.2, -0.15) is 5.10 Å². The molecule has 3 rings (SSSR count). The summed E-state index contributed by atoms with van der Waals surface area (Å²) in [6.45, 7) is 2.63. The van der Waals surface area contributed by atoms with E-state index in [1.165, 1.54) is 5.56 Å². The first-order valence-electron chi connectivity index (χ1n) is 6.41. The van der Waals surface area contributed by atoms with Crippen molar-refractivity contribution in [1.82, 2.24) is 14.6 Å². The summed E-state index contributed by atoms with van der Waals surface area (Å²) in [5.74, 6) is 1.77. The maximum atomic E-state index is 5.73. The Balaban J connectivity index is 1.70. The molecule has 1 aromatic carbocycles. The summed E-state index contributed by atoms with van der Waals surface area (Å²) in [7, 11) is 0. The molecule has 0 atom stereocenters. The number of ether oxygens (including phenoxy) is 1. The zero-order chi connectivity index (χ0) is 13.9. The van der Waals surface area contributed by atoms with Crippen LogP contribution in [-0.4, -0.2) is 21.2 Å². The summed E-state index contributed by atoms with van der Waals surface area (Å²) in [6, 6.07) is 11.9. The Bertz CT molecular complexity index is 722. The first-order chi connectivity index (χ1) is 9.74. The number of hydrogen-bond donors (Lipinski definition) is 0. The van der Waals surface area contributed by atoms with E-state index in [0.29, 0.717) is 13.0 Å². The fraction of sp³-hybridized carbons (Fsp3) is 0.200. The highest BCUT2D eigenvalue weighted by Crippen LogP contribution is 2.18. The van der Waals surface area contributed by atoms with Crippen LogP contribution in [0.2, 0.25) is 0 Å². The second kappa shape index (κ2) is 5.63. The van der Waals surface area contributed by atoms with E-state index >= 15 is 0 Å². The molecule has 102 valence electrons. The molecule has 0 aliphatic rings. The van der Waals surface area contributed by atoms with E-state index in [2.05, 4.69) is 32.9 Å². The van der Waals surface area contributed by atoms with Gasteiger partial charge < -0.3 is 4.74 Å². The number of aryl methyl sites for hydroxylation is 1. The maximum Gasteiger partial charge on any atom is 0.135 e. The predicted molar refractivity (Wildman–Crippen MR) is 81.1 cm³/mol. The fourth-order valence-corrected chi connectivity index (χ4v) is 2.51. The topological polar surface area (TPSA) is 39.4 Å². The van der Waals surface area contributed by atoms with Crippen LogP contribution in [0.1, 0.15) is 11.4 Å².